The fourth-order valence-corrected chi connectivity index (χ4v) is 9.19. The number of ether oxygens (including phenoxy) is 7. The molecule has 3 aliphatic rings. The monoisotopic (exact) mass is 858 g/mol. The number of carbonyl (C=O) groups excluding carboxylic acids is 2. The molecular weight excluding hydrogens is 812 g/mol. The van der Waals surface area contributed by atoms with E-state index in [-0.39, 0.29) is 68.6 Å². The number of nitrogens with one attached hydrogen (secondary N) is 1. The Bertz CT molecular complexity index is 2110. The van der Waals surface area contributed by atoms with Crippen LogP contribution in [0.2, 0.25) is 0 Å². The fourth-order valence-electron chi connectivity index (χ4n) is 6.96. The van der Waals surface area contributed by atoms with Crippen LogP contribution in [0.15, 0.2) is 83.3 Å². The molecule has 7 rings (SSSR count). The molecule has 0 unspecified atom stereocenters. The highest BCUT2D eigenvalue weighted by Gasteiger charge is 2.44. The quantitative estimate of drug-likeness (QED) is 0.120. The number of amides is 1. The average Bonchev–Trinajstić information content (AvgIpc) is 4.01. The zero-order chi connectivity index (χ0) is 39.9. The SMILES string of the molecule is Cc1nc(COc2ccc(C[C@H](NC(=O)O[C@H]3CO[C@H]4OCC[C@H]43)[C@@H](CN(CC(C)C)S(=O)(=O)c3ccc4c(c3)OCO4)OC(=O)C[n+]3ccccc3)cc2)cs1.[Cl-]. The molecule has 3 aliphatic heterocycles. The van der Waals surface area contributed by atoms with Crippen molar-refractivity contribution in [3.05, 3.63) is 94.7 Å². The minimum Gasteiger partial charge on any atom is -1.00 e. The summed E-state index contributed by atoms with van der Waals surface area (Å²) in [5.41, 5.74) is 1.59. The number of carbonyl (C=O) groups is 2. The van der Waals surface area contributed by atoms with Gasteiger partial charge < -0.3 is 50.9 Å². The summed E-state index contributed by atoms with van der Waals surface area (Å²) in [6, 6.07) is 16.2. The minimum absolute atomic E-state index is 0. The van der Waals surface area contributed by atoms with Gasteiger partial charge in [-0.25, -0.2) is 23.0 Å². The molecule has 2 aromatic heterocycles. The number of rotatable bonds is 17. The van der Waals surface area contributed by atoms with Gasteiger partial charge in [0, 0.05) is 30.1 Å². The summed E-state index contributed by atoms with van der Waals surface area (Å²) in [4.78, 5) is 31.9. The lowest BCUT2D eigenvalue weighted by Gasteiger charge is -2.33. The third-order valence-electron chi connectivity index (χ3n) is 9.73. The van der Waals surface area contributed by atoms with Gasteiger partial charge in [0.15, 0.2) is 30.2 Å². The van der Waals surface area contributed by atoms with Gasteiger partial charge in [-0.1, -0.05) is 32.0 Å². The Balaban J connectivity index is 0.00000567. The molecule has 58 heavy (non-hydrogen) atoms. The van der Waals surface area contributed by atoms with E-state index in [1.807, 2.05) is 56.5 Å². The first kappa shape index (κ1) is 43.1. The lowest BCUT2D eigenvalue weighted by molar-refractivity contribution is -0.686. The molecule has 0 spiro atoms. The number of hydrogen-bond acceptors (Lipinski definition) is 13. The molecule has 5 heterocycles. The van der Waals surface area contributed by atoms with Crippen molar-refractivity contribution in [1.82, 2.24) is 14.6 Å². The van der Waals surface area contributed by atoms with E-state index in [0.29, 0.717) is 36.9 Å². The molecule has 2 saturated heterocycles. The lowest BCUT2D eigenvalue weighted by Crippen LogP contribution is -3.00. The van der Waals surface area contributed by atoms with Crippen molar-refractivity contribution in [2.45, 2.75) is 76.2 Å². The Morgan fingerprint density at radius 2 is 1.81 bits per heavy atom. The highest BCUT2D eigenvalue weighted by Crippen LogP contribution is 2.35. The summed E-state index contributed by atoms with van der Waals surface area (Å²) in [6.07, 6.45) is 1.36. The number of aryl methyl sites for hydroxylation is 1. The molecule has 4 aromatic rings. The molecule has 1 N–H and O–H groups in total. The topological polar surface area (TPSA) is 165 Å². The van der Waals surface area contributed by atoms with Gasteiger partial charge in [-0.3, -0.25) is 0 Å². The van der Waals surface area contributed by atoms with Crippen LogP contribution in [-0.4, -0.2) is 87.4 Å². The van der Waals surface area contributed by atoms with Gasteiger partial charge in [0.25, 0.3) is 0 Å². The van der Waals surface area contributed by atoms with Gasteiger partial charge in [-0.15, -0.1) is 11.3 Å². The molecule has 0 bridgehead atoms. The normalized spacial score (nSPS) is 19.3. The second kappa shape index (κ2) is 19.5. The molecule has 2 fully saturated rings. The maximum Gasteiger partial charge on any atom is 0.407 e. The molecule has 0 aliphatic carbocycles. The summed E-state index contributed by atoms with van der Waals surface area (Å²) in [6.45, 7) is 6.34. The molecule has 312 valence electrons. The highest BCUT2D eigenvalue weighted by atomic mass is 35.5. The van der Waals surface area contributed by atoms with Crippen LogP contribution in [0.1, 0.15) is 36.5 Å². The number of alkyl carbamates (subject to hydrolysis) is 1. The largest absolute Gasteiger partial charge is 1.00 e. The van der Waals surface area contributed by atoms with Crippen molar-refractivity contribution in [3.8, 4) is 17.2 Å². The summed E-state index contributed by atoms with van der Waals surface area (Å²) >= 11 is 1.55. The van der Waals surface area contributed by atoms with Crippen molar-refractivity contribution < 1.29 is 68.1 Å². The van der Waals surface area contributed by atoms with Crippen molar-refractivity contribution in [3.63, 3.8) is 0 Å². The summed E-state index contributed by atoms with van der Waals surface area (Å²) in [7, 11) is -4.20. The first-order valence-corrected chi connectivity index (χ1v) is 21.2. The Hall–Kier alpha value is -4.52. The Morgan fingerprint density at radius 1 is 1.03 bits per heavy atom. The lowest BCUT2D eigenvalue weighted by atomic mass is 10.0. The van der Waals surface area contributed by atoms with E-state index in [1.165, 1.54) is 16.4 Å². The molecule has 5 atom stereocenters. The number of aromatic nitrogens is 2. The third kappa shape index (κ3) is 10.9. The summed E-state index contributed by atoms with van der Waals surface area (Å²) in [5, 5.41) is 5.85. The first-order chi connectivity index (χ1) is 27.5. The van der Waals surface area contributed by atoms with Crippen LogP contribution in [0, 0.1) is 18.8 Å². The van der Waals surface area contributed by atoms with Crippen LogP contribution in [0.4, 0.5) is 4.79 Å². The van der Waals surface area contributed by atoms with E-state index in [9.17, 15) is 18.0 Å². The summed E-state index contributed by atoms with van der Waals surface area (Å²) in [5.74, 6) is 0.507. The number of thiazole rings is 1. The number of fused-ring (bicyclic) bond motifs is 2. The minimum atomic E-state index is -4.20. The van der Waals surface area contributed by atoms with Gasteiger partial charge in [0.05, 0.1) is 47.3 Å². The van der Waals surface area contributed by atoms with E-state index >= 15 is 0 Å². The van der Waals surface area contributed by atoms with Gasteiger partial charge in [-0.05, 0) is 55.5 Å². The van der Waals surface area contributed by atoms with Crippen LogP contribution in [-0.2, 0) is 53.3 Å². The van der Waals surface area contributed by atoms with Crippen LogP contribution in [0.25, 0.3) is 0 Å². The van der Waals surface area contributed by atoms with Gasteiger partial charge in [0.1, 0.15) is 24.6 Å². The van der Waals surface area contributed by atoms with Crippen molar-refractivity contribution in [1.29, 1.82) is 0 Å². The predicted octanol–water partition coefficient (Wildman–Crippen LogP) is 1.41. The highest BCUT2D eigenvalue weighted by molar-refractivity contribution is 7.89. The molecule has 18 heteroatoms. The smallest absolute Gasteiger partial charge is 0.407 e. The maximum absolute atomic E-state index is 14.5. The van der Waals surface area contributed by atoms with E-state index in [4.69, 9.17) is 33.2 Å². The number of esters is 1. The van der Waals surface area contributed by atoms with Crippen LogP contribution < -0.4 is 36.5 Å². The average molecular weight is 859 g/mol. The molecule has 0 radical (unpaired) electrons. The van der Waals surface area contributed by atoms with Gasteiger partial charge >= 0.3 is 12.1 Å². The number of benzene rings is 2. The molecule has 0 saturated carbocycles. The molecule has 2 aromatic carbocycles. The molecule has 15 nitrogen and oxygen atoms in total. The number of hydrogen-bond donors (Lipinski definition) is 1. The van der Waals surface area contributed by atoms with Crippen LogP contribution >= 0.6 is 11.3 Å². The Kier molecular flexibility index (Phi) is 14.5. The van der Waals surface area contributed by atoms with Crippen LogP contribution in [0.5, 0.6) is 17.2 Å². The molecule has 1 amide bonds. The van der Waals surface area contributed by atoms with Crippen molar-refractivity contribution in [2.24, 2.45) is 11.8 Å². The zero-order valence-electron chi connectivity index (χ0n) is 32.4. The van der Waals surface area contributed by atoms with E-state index in [0.717, 1.165) is 16.3 Å². The van der Waals surface area contributed by atoms with Gasteiger partial charge in [-0.2, -0.15) is 8.87 Å². The standard InChI is InChI=1S/C40H46N4O11S2.ClH/c1-26(2)19-44(57(47,48)31-11-12-34-35(18-31)53-25-52-34)20-36(54-38(45)21-43-14-5-4-6-15-43)33(42-40(46)55-37-23-51-39-32(37)13-16-49-39)17-28-7-9-30(10-8-28)50-22-29-24-56-27(3)41-29;/h4-12,14-15,18,24,26,32-33,36-37,39H,13,16-17,19-23,25H2,1-3H3;1H/t32-,33-,36+,37-,39+;/m0./s1. The van der Waals surface area contributed by atoms with Crippen molar-refractivity contribution >= 4 is 33.4 Å². The number of halogens is 1. The zero-order valence-corrected chi connectivity index (χ0v) is 34.7. The maximum atomic E-state index is 14.5. The van der Waals surface area contributed by atoms with E-state index in [1.54, 1.807) is 46.5 Å². The second-order valence-corrected chi connectivity index (χ2v) is 17.5. The van der Waals surface area contributed by atoms with E-state index in [2.05, 4.69) is 10.3 Å². The van der Waals surface area contributed by atoms with Gasteiger partial charge in [0.2, 0.25) is 23.4 Å². The Labute approximate surface area is 348 Å². The predicted molar refractivity (Wildman–Crippen MR) is 205 cm³/mol. The van der Waals surface area contributed by atoms with Crippen molar-refractivity contribution in [2.75, 3.05) is 33.1 Å². The summed E-state index contributed by atoms with van der Waals surface area (Å²) < 4.78 is 72.1. The number of sulfonamides is 1. The van der Waals surface area contributed by atoms with E-state index < -0.39 is 46.6 Å². The first-order valence-electron chi connectivity index (χ1n) is 18.9. The Morgan fingerprint density at radius 3 is 2.55 bits per heavy atom. The number of pyridine rings is 1. The second-order valence-electron chi connectivity index (χ2n) is 14.5. The number of nitrogens with zero attached hydrogens (tertiary/aromatic N) is 3. The molecular formula is C40H47ClN4O11S2. The fraction of sp³-hybridized carbons (Fsp3) is 0.450. The third-order valence-corrected chi connectivity index (χ3v) is 12.4. The van der Waals surface area contributed by atoms with Crippen LogP contribution in [0.3, 0.4) is 0 Å².